The molecule has 0 saturated carbocycles. The Labute approximate surface area is 124 Å². The molecular weight excluding hydrogens is 297 g/mol. The molecular formula is C14H11ClFN3S. The molecule has 0 bridgehead atoms. The number of hydrogen-bond donors (Lipinski definition) is 2. The Morgan fingerprint density at radius 3 is 2.95 bits per heavy atom. The summed E-state index contributed by atoms with van der Waals surface area (Å²) in [7, 11) is 0. The molecule has 0 aliphatic heterocycles. The summed E-state index contributed by atoms with van der Waals surface area (Å²) in [6.45, 7) is 0.514. The zero-order chi connectivity index (χ0) is 14.1. The maximum atomic E-state index is 13.1. The van der Waals surface area contributed by atoms with E-state index in [1.165, 1.54) is 6.07 Å². The summed E-state index contributed by atoms with van der Waals surface area (Å²) in [6.07, 6.45) is 0. The number of anilines is 2. The molecule has 1 heterocycles. The lowest BCUT2D eigenvalue weighted by molar-refractivity contribution is 0.627. The van der Waals surface area contributed by atoms with Crippen LogP contribution in [0, 0.1) is 5.82 Å². The third-order valence-electron chi connectivity index (χ3n) is 3.01. The van der Waals surface area contributed by atoms with Gasteiger partial charge in [0.25, 0.3) is 0 Å². The molecule has 0 spiro atoms. The van der Waals surface area contributed by atoms with E-state index < -0.39 is 5.82 Å². The van der Waals surface area contributed by atoms with Gasteiger partial charge >= 0.3 is 0 Å². The molecule has 1 aromatic heterocycles. The number of fused-ring (bicyclic) bond motifs is 1. The van der Waals surface area contributed by atoms with E-state index >= 15 is 0 Å². The maximum Gasteiger partial charge on any atom is 0.141 e. The highest BCUT2D eigenvalue weighted by molar-refractivity contribution is 7.16. The van der Waals surface area contributed by atoms with Gasteiger partial charge in [0.1, 0.15) is 11.3 Å². The monoisotopic (exact) mass is 307 g/mol. The Balaban J connectivity index is 1.82. The second-order valence-corrected chi connectivity index (χ2v) is 5.62. The average molecular weight is 308 g/mol. The van der Waals surface area contributed by atoms with Gasteiger partial charge in [-0.3, -0.25) is 0 Å². The van der Waals surface area contributed by atoms with Gasteiger partial charge in [0.15, 0.2) is 0 Å². The van der Waals surface area contributed by atoms with Gasteiger partial charge in [-0.1, -0.05) is 17.7 Å². The number of nitrogens with two attached hydrogens (primary N) is 1. The van der Waals surface area contributed by atoms with Crippen LogP contribution in [0.4, 0.5) is 15.8 Å². The quantitative estimate of drug-likeness (QED) is 0.710. The van der Waals surface area contributed by atoms with Crippen LogP contribution >= 0.6 is 22.9 Å². The molecule has 3 nitrogen and oxygen atoms in total. The molecule has 3 rings (SSSR count). The summed E-state index contributed by atoms with van der Waals surface area (Å²) in [5, 5.41) is 3.33. The van der Waals surface area contributed by atoms with E-state index in [4.69, 9.17) is 17.3 Å². The molecule has 20 heavy (non-hydrogen) atoms. The minimum atomic E-state index is -0.418. The first-order valence-electron chi connectivity index (χ1n) is 5.94. The molecule has 3 aromatic rings. The molecule has 0 unspecified atom stereocenters. The fourth-order valence-electron chi connectivity index (χ4n) is 1.95. The van der Waals surface area contributed by atoms with Gasteiger partial charge in [-0.15, -0.1) is 11.3 Å². The van der Waals surface area contributed by atoms with E-state index in [-0.39, 0.29) is 5.02 Å². The van der Waals surface area contributed by atoms with E-state index in [0.29, 0.717) is 12.2 Å². The zero-order valence-corrected chi connectivity index (χ0v) is 11.9. The number of nitrogens with one attached hydrogen (secondary N) is 1. The number of rotatable bonds is 3. The topological polar surface area (TPSA) is 50.9 Å². The summed E-state index contributed by atoms with van der Waals surface area (Å²) in [5.41, 5.74) is 11.0. The Morgan fingerprint density at radius 1 is 1.30 bits per heavy atom. The minimum Gasteiger partial charge on any atom is -0.395 e. The van der Waals surface area contributed by atoms with Crippen LogP contribution < -0.4 is 11.1 Å². The summed E-state index contributed by atoms with van der Waals surface area (Å²) in [6, 6.07) is 8.53. The van der Waals surface area contributed by atoms with Crippen molar-refractivity contribution >= 4 is 44.5 Å². The van der Waals surface area contributed by atoms with Crippen LogP contribution in [0.15, 0.2) is 35.8 Å². The molecule has 102 valence electrons. The first kappa shape index (κ1) is 13.1. The van der Waals surface area contributed by atoms with Crippen LogP contribution in [-0.2, 0) is 6.54 Å². The number of halogens is 2. The lowest BCUT2D eigenvalue weighted by atomic mass is 10.2. The fraction of sp³-hybridized carbons (Fsp3) is 0.0714. The standard InChI is InChI=1S/C14H11ClFN3S/c15-9-5-8(1-2-10(9)16)6-18-11-3-4-12-14(13(11)17)19-7-20-12/h1-5,7,18H,6,17H2. The number of thiazole rings is 1. The van der Waals surface area contributed by atoms with Crippen LogP contribution in [0.3, 0.4) is 0 Å². The molecule has 0 radical (unpaired) electrons. The van der Waals surface area contributed by atoms with E-state index in [9.17, 15) is 4.39 Å². The predicted octanol–water partition coefficient (Wildman–Crippen LogP) is 4.28. The smallest absolute Gasteiger partial charge is 0.141 e. The highest BCUT2D eigenvalue weighted by Crippen LogP contribution is 2.30. The molecule has 0 fully saturated rings. The third kappa shape index (κ3) is 2.42. The summed E-state index contributed by atoms with van der Waals surface area (Å²) in [4.78, 5) is 4.24. The molecule has 0 aliphatic rings. The normalized spacial score (nSPS) is 10.9. The minimum absolute atomic E-state index is 0.118. The SMILES string of the molecule is Nc1c(NCc2ccc(F)c(Cl)c2)ccc2scnc12. The molecule has 0 amide bonds. The highest BCUT2D eigenvalue weighted by atomic mass is 35.5. The van der Waals surface area contributed by atoms with Crippen molar-refractivity contribution in [1.82, 2.24) is 4.98 Å². The van der Waals surface area contributed by atoms with Gasteiger partial charge in [0.05, 0.1) is 26.6 Å². The molecule has 0 aliphatic carbocycles. The number of benzene rings is 2. The van der Waals surface area contributed by atoms with Crippen LogP contribution in [0.1, 0.15) is 5.56 Å². The van der Waals surface area contributed by atoms with Crippen molar-refractivity contribution in [3.8, 4) is 0 Å². The molecule has 3 N–H and O–H groups in total. The summed E-state index contributed by atoms with van der Waals surface area (Å²) < 4.78 is 14.1. The van der Waals surface area contributed by atoms with Gasteiger partial charge in [-0.25, -0.2) is 9.37 Å². The van der Waals surface area contributed by atoms with Crippen molar-refractivity contribution in [2.75, 3.05) is 11.1 Å². The van der Waals surface area contributed by atoms with Crippen LogP contribution in [0.5, 0.6) is 0 Å². The highest BCUT2D eigenvalue weighted by Gasteiger charge is 2.07. The molecule has 0 atom stereocenters. The first-order chi connectivity index (χ1) is 9.65. The van der Waals surface area contributed by atoms with Crippen molar-refractivity contribution in [1.29, 1.82) is 0 Å². The Kier molecular flexibility index (Phi) is 3.46. The van der Waals surface area contributed by atoms with Crippen molar-refractivity contribution in [3.05, 3.63) is 52.2 Å². The van der Waals surface area contributed by atoms with Crippen LogP contribution in [-0.4, -0.2) is 4.98 Å². The van der Waals surface area contributed by atoms with Crippen molar-refractivity contribution in [3.63, 3.8) is 0 Å². The second-order valence-electron chi connectivity index (χ2n) is 4.33. The third-order valence-corrected chi connectivity index (χ3v) is 4.09. The Hall–Kier alpha value is -1.85. The molecule has 2 aromatic carbocycles. The largest absolute Gasteiger partial charge is 0.395 e. The zero-order valence-electron chi connectivity index (χ0n) is 10.4. The lowest BCUT2D eigenvalue weighted by Crippen LogP contribution is -2.03. The predicted molar refractivity (Wildman–Crippen MR) is 82.8 cm³/mol. The van der Waals surface area contributed by atoms with Gasteiger partial charge < -0.3 is 11.1 Å². The Bertz CT molecular complexity index is 772. The van der Waals surface area contributed by atoms with Gasteiger partial charge in [0.2, 0.25) is 0 Å². The van der Waals surface area contributed by atoms with Crippen molar-refractivity contribution in [2.24, 2.45) is 0 Å². The van der Waals surface area contributed by atoms with E-state index in [1.807, 2.05) is 12.1 Å². The maximum absolute atomic E-state index is 13.1. The average Bonchev–Trinajstić information content (AvgIpc) is 2.91. The van der Waals surface area contributed by atoms with Crippen LogP contribution in [0.25, 0.3) is 10.2 Å². The summed E-state index contributed by atoms with van der Waals surface area (Å²) >= 11 is 7.30. The summed E-state index contributed by atoms with van der Waals surface area (Å²) in [5.74, 6) is -0.418. The lowest BCUT2D eigenvalue weighted by Gasteiger charge is -2.10. The number of hydrogen-bond acceptors (Lipinski definition) is 4. The fourth-order valence-corrected chi connectivity index (χ4v) is 2.85. The number of aromatic nitrogens is 1. The second kappa shape index (κ2) is 5.26. The Morgan fingerprint density at radius 2 is 2.15 bits per heavy atom. The van der Waals surface area contributed by atoms with Crippen molar-refractivity contribution in [2.45, 2.75) is 6.54 Å². The van der Waals surface area contributed by atoms with E-state index in [2.05, 4.69) is 10.3 Å². The van der Waals surface area contributed by atoms with Gasteiger partial charge in [0, 0.05) is 6.54 Å². The first-order valence-corrected chi connectivity index (χ1v) is 7.20. The van der Waals surface area contributed by atoms with E-state index in [1.54, 1.807) is 29.0 Å². The molecule has 0 saturated heterocycles. The van der Waals surface area contributed by atoms with Gasteiger partial charge in [-0.2, -0.15) is 0 Å². The van der Waals surface area contributed by atoms with E-state index in [0.717, 1.165) is 21.5 Å². The van der Waals surface area contributed by atoms with Crippen molar-refractivity contribution < 1.29 is 4.39 Å². The van der Waals surface area contributed by atoms with Gasteiger partial charge in [-0.05, 0) is 29.8 Å². The van der Waals surface area contributed by atoms with Crippen LogP contribution in [0.2, 0.25) is 5.02 Å². The number of nitrogens with zero attached hydrogens (tertiary/aromatic N) is 1. The number of nitrogen functional groups attached to an aromatic ring is 1. The molecule has 6 heteroatoms.